The van der Waals surface area contributed by atoms with Crippen molar-refractivity contribution in [2.24, 2.45) is 0 Å². The van der Waals surface area contributed by atoms with E-state index in [0.29, 0.717) is 17.0 Å². The average molecular weight is 605 g/mol. The van der Waals surface area contributed by atoms with E-state index in [9.17, 15) is 40.0 Å². The second kappa shape index (κ2) is 9.34. The molecule has 0 radical (unpaired) electrons. The normalized spacial score (nSPS) is 14.7. The van der Waals surface area contributed by atoms with Crippen LogP contribution >= 0.6 is 20.2 Å². The van der Waals surface area contributed by atoms with Crippen LogP contribution in [0.5, 0.6) is 5.75 Å². The van der Waals surface area contributed by atoms with Crippen LogP contribution in [0.1, 0.15) is 5.56 Å². The summed E-state index contributed by atoms with van der Waals surface area (Å²) in [5.74, 6) is -3.92. The fraction of sp³-hybridized carbons (Fsp3) is 0.158. The zero-order valence-electron chi connectivity index (χ0n) is 16.4. The number of alkyl halides is 3. The van der Waals surface area contributed by atoms with Crippen LogP contribution in [0.2, 0.25) is 0 Å². The van der Waals surface area contributed by atoms with Gasteiger partial charge in [-0.1, -0.05) is 0 Å². The molecule has 2 amide bonds. The molecule has 7 nitrogen and oxygen atoms in total. The summed E-state index contributed by atoms with van der Waals surface area (Å²) in [7, 11) is -4.88. The molecule has 3 rings (SSSR count). The van der Waals surface area contributed by atoms with E-state index in [2.05, 4.69) is 2.51 Å². The number of nitrogens with zero attached hydrogens (tertiary/aromatic N) is 1. The van der Waals surface area contributed by atoms with Gasteiger partial charge in [0.25, 0.3) is 0 Å². The number of ether oxygens (including phenoxy) is 1. The number of halogens is 6. The molecular weight excluding hydrogens is 592 g/mol. The molecule has 0 N–H and O–H groups in total. The molecule has 0 unspecified atom stereocenters. The summed E-state index contributed by atoms with van der Waals surface area (Å²) in [6.07, 6.45) is 1.93. The zero-order chi connectivity index (χ0) is 24.6. The summed E-state index contributed by atoms with van der Waals surface area (Å²) in [5.41, 5.74) is -5.99. The third kappa shape index (κ3) is 5.33. The number of carbonyl (C=O) groups is 2. The minimum atomic E-state index is -6.19. The second-order valence-electron chi connectivity index (χ2n) is 6.34. The van der Waals surface area contributed by atoms with Crippen LogP contribution in [0.15, 0.2) is 48.6 Å². The number of rotatable bonds is 7. The van der Waals surface area contributed by atoms with Gasteiger partial charge in [-0.2, -0.15) is 0 Å². The van der Waals surface area contributed by atoms with Crippen LogP contribution in [-0.2, 0) is 28.8 Å². The van der Waals surface area contributed by atoms with E-state index in [1.165, 1.54) is 19.2 Å². The Kier molecular flexibility index (Phi) is 7.09. The predicted molar refractivity (Wildman–Crippen MR) is 112 cm³/mol. The minimum absolute atomic E-state index is 0.160. The maximum atomic E-state index is 14.9. The van der Waals surface area contributed by atoms with E-state index in [4.69, 9.17) is 4.74 Å². The van der Waals surface area contributed by atoms with Crippen molar-refractivity contribution in [3.63, 3.8) is 0 Å². The van der Waals surface area contributed by atoms with E-state index in [1.54, 1.807) is 0 Å². The fourth-order valence-electron chi connectivity index (χ4n) is 2.61. The average Bonchev–Trinajstić information content (AvgIpc) is 3.04. The quantitative estimate of drug-likeness (QED) is 0.157. The van der Waals surface area contributed by atoms with Gasteiger partial charge in [-0.15, -0.1) is 0 Å². The van der Waals surface area contributed by atoms with Gasteiger partial charge in [0, 0.05) is 0 Å². The first-order chi connectivity index (χ1) is 15.3. The molecule has 0 atom stereocenters. The van der Waals surface area contributed by atoms with Gasteiger partial charge in [-0.25, -0.2) is 0 Å². The molecule has 2 aromatic rings. The molecule has 0 aliphatic carbocycles. The van der Waals surface area contributed by atoms with Crippen molar-refractivity contribution in [2.45, 2.75) is 12.1 Å². The summed E-state index contributed by atoms with van der Waals surface area (Å²) in [5, 5.41) is 0. The number of methoxy groups -OCH3 is 1. The van der Waals surface area contributed by atoms with Crippen LogP contribution in [0, 0.1) is 18.8 Å². The number of benzene rings is 2. The first-order valence-electron chi connectivity index (χ1n) is 8.71. The van der Waals surface area contributed by atoms with Gasteiger partial charge in [0.05, 0.1) is 0 Å². The number of hydrogen-bond donors (Lipinski definition) is 0. The first-order valence-corrected chi connectivity index (χ1v) is 13.2. The molecule has 0 saturated carbocycles. The van der Waals surface area contributed by atoms with Crippen molar-refractivity contribution < 1.29 is 47.2 Å². The molecule has 178 valence electrons. The molecule has 0 spiro atoms. The Balaban J connectivity index is 2.05. The molecule has 0 bridgehead atoms. The Morgan fingerprint density at radius 3 is 1.94 bits per heavy atom. The standard InChI is InChI=1S/C19H13F5INO6S/c1-31-13-4-2-12(3-5-13)25(32-33(29,30)19(22,23)24)18-14(20)8-11(9-15(18)21)10-26-16(27)6-7-17(26)28/h2-9H,10H2,1H3. The topological polar surface area (TPSA) is 90.0 Å². The monoisotopic (exact) mass is 605 g/mol. The summed E-state index contributed by atoms with van der Waals surface area (Å²) >= 11 is -4.37. The molecule has 0 fully saturated rings. The van der Waals surface area contributed by atoms with Gasteiger partial charge in [-0.05, 0) is 0 Å². The number of imide groups is 1. The molecule has 33 heavy (non-hydrogen) atoms. The van der Waals surface area contributed by atoms with Crippen LogP contribution in [0.3, 0.4) is 0 Å². The first kappa shape index (κ1) is 25.0. The molecular formula is C19H13F5INO6S. The summed E-state index contributed by atoms with van der Waals surface area (Å²) in [6.45, 7) is -0.503. The Labute approximate surface area is 191 Å². The van der Waals surface area contributed by atoms with E-state index >= 15 is 0 Å². The van der Waals surface area contributed by atoms with Gasteiger partial charge < -0.3 is 0 Å². The molecule has 1 heterocycles. The van der Waals surface area contributed by atoms with Crippen molar-refractivity contribution in [2.75, 3.05) is 7.11 Å². The Morgan fingerprint density at radius 1 is 0.970 bits per heavy atom. The second-order valence-corrected chi connectivity index (χ2v) is 12.7. The number of amides is 2. The third-order valence-corrected chi connectivity index (χ3v) is 11.4. The van der Waals surface area contributed by atoms with Gasteiger partial charge in [0.15, 0.2) is 0 Å². The maximum absolute atomic E-state index is 14.9. The van der Waals surface area contributed by atoms with Crippen molar-refractivity contribution >= 4 is 42.2 Å². The molecule has 14 heteroatoms. The van der Waals surface area contributed by atoms with Crippen molar-refractivity contribution in [1.82, 2.24) is 4.90 Å². The molecule has 0 saturated heterocycles. The molecule has 0 aromatic heterocycles. The van der Waals surface area contributed by atoms with Crippen LogP contribution in [0.25, 0.3) is 0 Å². The van der Waals surface area contributed by atoms with Crippen molar-refractivity contribution in [3.8, 4) is 5.75 Å². The van der Waals surface area contributed by atoms with E-state index in [-0.39, 0.29) is 14.9 Å². The Hall–Kier alpha value is -2.59. The number of carbonyl (C=O) groups excluding carboxylic acids is 2. The predicted octanol–water partition coefficient (Wildman–Crippen LogP) is 3.73. The Morgan fingerprint density at radius 2 is 1.48 bits per heavy atom. The molecule has 2 aromatic carbocycles. The van der Waals surface area contributed by atoms with Crippen LogP contribution < -0.4 is 4.74 Å². The summed E-state index contributed by atoms with van der Waals surface area (Å²) < 4.78 is 100. The van der Waals surface area contributed by atoms with Gasteiger partial charge in [0.1, 0.15) is 0 Å². The zero-order valence-corrected chi connectivity index (χ0v) is 19.4. The van der Waals surface area contributed by atoms with Crippen molar-refractivity contribution in [1.29, 1.82) is 0 Å². The molecule has 1 aliphatic heterocycles. The Bertz CT molecular complexity index is 1190. The SMILES string of the molecule is COc1ccc(I(OS(=O)(=O)C(F)(F)F)c2c(F)cc(CN3C(=O)C=CC3=O)cc2F)cc1. The van der Waals surface area contributed by atoms with Crippen LogP contribution in [-0.4, -0.2) is 37.8 Å². The van der Waals surface area contributed by atoms with Crippen molar-refractivity contribution in [3.05, 3.63) is 72.9 Å². The third-order valence-electron chi connectivity index (χ3n) is 4.13. The number of hydrogen-bond acceptors (Lipinski definition) is 6. The summed E-state index contributed by atoms with van der Waals surface area (Å²) in [4.78, 5) is 24.0. The van der Waals surface area contributed by atoms with Gasteiger partial charge >= 0.3 is 192 Å². The summed E-state index contributed by atoms with van der Waals surface area (Å²) in [6, 6.07) is 6.24. The van der Waals surface area contributed by atoms with E-state index in [1.807, 2.05) is 0 Å². The van der Waals surface area contributed by atoms with E-state index in [0.717, 1.165) is 24.3 Å². The van der Waals surface area contributed by atoms with Gasteiger partial charge in [-0.3, -0.25) is 0 Å². The van der Waals surface area contributed by atoms with E-state index < -0.39 is 69.4 Å². The fourth-order valence-corrected chi connectivity index (χ4v) is 9.06. The van der Waals surface area contributed by atoms with Gasteiger partial charge in [0.2, 0.25) is 0 Å². The molecule has 1 aliphatic rings. The van der Waals surface area contributed by atoms with Crippen LogP contribution in [0.4, 0.5) is 22.0 Å².